The van der Waals surface area contributed by atoms with Crippen LogP contribution in [0.3, 0.4) is 0 Å². The van der Waals surface area contributed by atoms with Gasteiger partial charge in [-0.25, -0.2) is 0 Å². The third-order valence-electron chi connectivity index (χ3n) is 5.70. The van der Waals surface area contributed by atoms with Crippen molar-refractivity contribution in [1.29, 1.82) is 0 Å². The zero-order chi connectivity index (χ0) is 21.0. The van der Waals surface area contributed by atoms with E-state index < -0.39 is 5.97 Å². The van der Waals surface area contributed by atoms with Crippen molar-refractivity contribution in [2.24, 2.45) is 5.92 Å². The molecule has 2 aromatic rings. The molecule has 29 heavy (non-hydrogen) atoms. The second kappa shape index (κ2) is 9.18. The van der Waals surface area contributed by atoms with E-state index in [4.69, 9.17) is 9.47 Å². The van der Waals surface area contributed by atoms with E-state index in [1.54, 1.807) is 14.2 Å². The molecule has 6 nitrogen and oxygen atoms in total. The van der Waals surface area contributed by atoms with Crippen LogP contribution in [-0.4, -0.2) is 57.4 Å². The highest BCUT2D eigenvalue weighted by Crippen LogP contribution is 2.41. The average Bonchev–Trinajstić information content (AvgIpc) is 2.74. The maximum absolute atomic E-state index is 11.4. The molecule has 0 aromatic heterocycles. The van der Waals surface area contributed by atoms with Crippen LogP contribution in [0.25, 0.3) is 0 Å². The number of likely N-dealkylation sites (tertiary alicyclic amines) is 1. The van der Waals surface area contributed by atoms with Crippen molar-refractivity contribution in [2.45, 2.75) is 18.9 Å². The number of nitrogens with zero attached hydrogens (tertiary/aromatic N) is 2. The Morgan fingerprint density at radius 3 is 2.24 bits per heavy atom. The number of ether oxygens (including phenoxy) is 2. The molecule has 0 amide bonds. The summed E-state index contributed by atoms with van der Waals surface area (Å²) in [4.78, 5) is 15.8. The maximum Gasteiger partial charge on any atom is 0.306 e. The Bertz CT molecular complexity index is 827. The van der Waals surface area contributed by atoms with Crippen molar-refractivity contribution in [3.05, 3.63) is 53.6 Å². The van der Waals surface area contributed by atoms with E-state index in [1.807, 2.05) is 26.2 Å². The molecule has 156 valence electrons. The molecule has 1 atom stereocenters. The molecule has 0 saturated carbocycles. The lowest BCUT2D eigenvalue weighted by atomic mass is 9.90. The number of methoxy groups -OCH3 is 2. The second-order valence-corrected chi connectivity index (χ2v) is 7.62. The number of aliphatic carboxylic acids is 1. The third-order valence-corrected chi connectivity index (χ3v) is 5.70. The van der Waals surface area contributed by atoms with E-state index >= 15 is 0 Å². The first kappa shape index (κ1) is 21.0. The number of anilines is 1. The van der Waals surface area contributed by atoms with Crippen molar-refractivity contribution < 1.29 is 19.4 Å². The smallest absolute Gasteiger partial charge is 0.306 e. The second-order valence-electron chi connectivity index (χ2n) is 7.62. The highest BCUT2D eigenvalue weighted by Gasteiger charge is 2.32. The number of rotatable bonds is 7. The Hall–Kier alpha value is -2.73. The Balaban J connectivity index is 2.02. The van der Waals surface area contributed by atoms with Crippen molar-refractivity contribution in [3.63, 3.8) is 0 Å². The van der Waals surface area contributed by atoms with E-state index in [0.29, 0.717) is 18.6 Å². The van der Waals surface area contributed by atoms with Crippen LogP contribution in [0.5, 0.6) is 11.5 Å². The first-order valence-electron chi connectivity index (χ1n) is 9.91. The first-order chi connectivity index (χ1) is 14.0. The SMILES string of the molecule is COc1cccc(C(c2ccc(N(C)C)cc2)N2CCC(C(=O)O)CC2)c1OC. The van der Waals surface area contributed by atoms with Gasteiger partial charge in [0.25, 0.3) is 0 Å². The van der Waals surface area contributed by atoms with Gasteiger partial charge in [0.15, 0.2) is 11.5 Å². The van der Waals surface area contributed by atoms with Gasteiger partial charge in [-0.3, -0.25) is 9.69 Å². The minimum atomic E-state index is -0.699. The van der Waals surface area contributed by atoms with E-state index in [9.17, 15) is 9.90 Å². The minimum absolute atomic E-state index is 0.0361. The lowest BCUT2D eigenvalue weighted by molar-refractivity contribution is -0.143. The molecule has 0 spiro atoms. The zero-order valence-electron chi connectivity index (χ0n) is 17.6. The van der Waals surface area contributed by atoms with Crippen molar-refractivity contribution in [3.8, 4) is 11.5 Å². The standard InChI is InChI=1S/C23H30N2O4/c1-24(2)18-10-8-16(9-11-18)21(25-14-12-17(13-15-25)23(26)27)19-6-5-7-20(28-3)22(19)29-4/h5-11,17,21H,12-15H2,1-4H3,(H,26,27). The monoisotopic (exact) mass is 398 g/mol. The molecule has 1 saturated heterocycles. The Kier molecular flexibility index (Phi) is 6.64. The van der Waals surface area contributed by atoms with Gasteiger partial charge in [-0.15, -0.1) is 0 Å². The third kappa shape index (κ3) is 4.48. The predicted molar refractivity (Wildman–Crippen MR) is 114 cm³/mol. The molecule has 0 bridgehead atoms. The highest BCUT2D eigenvalue weighted by molar-refractivity contribution is 5.70. The van der Waals surface area contributed by atoms with Crippen LogP contribution in [0.15, 0.2) is 42.5 Å². The summed E-state index contributed by atoms with van der Waals surface area (Å²) in [5.74, 6) is 0.447. The van der Waals surface area contributed by atoms with Gasteiger partial charge < -0.3 is 19.5 Å². The summed E-state index contributed by atoms with van der Waals surface area (Å²) in [6.45, 7) is 1.44. The quantitative estimate of drug-likeness (QED) is 0.768. The summed E-state index contributed by atoms with van der Waals surface area (Å²) in [5.41, 5.74) is 3.31. The lowest BCUT2D eigenvalue weighted by Gasteiger charge is -2.37. The van der Waals surface area contributed by atoms with E-state index in [0.717, 1.165) is 35.7 Å². The molecule has 0 aliphatic carbocycles. The van der Waals surface area contributed by atoms with Gasteiger partial charge in [-0.05, 0) is 49.7 Å². The molecule has 1 aliphatic heterocycles. The Morgan fingerprint density at radius 1 is 1.07 bits per heavy atom. The minimum Gasteiger partial charge on any atom is -0.493 e. The van der Waals surface area contributed by atoms with Crippen LogP contribution in [0, 0.1) is 5.92 Å². The number of carboxylic acid groups (broad SMARTS) is 1. The predicted octanol–water partition coefficient (Wildman–Crippen LogP) is 3.66. The number of carboxylic acids is 1. The van der Waals surface area contributed by atoms with Crippen molar-refractivity contribution >= 4 is 11.7 Å². The van der Waals surface area contributed by atoms with Gasteiger partial charge in [0.1, 0.15) is 0 Å². The normalized spacial score (nSPS) is 16.3. The molecule has 1 N–H and O–H groups in total. The summed E-state index contributed by atoms with van der Waals surface area (Å²) in [5, 5.41) is 9.37. The molecule has 2 aromatic carbocycles. The number of piperidine rings is 1. The largest absolute Gasteiger partial charge is 0.493 e. The molecule has 0 radical (unpaired) electrons. The van der Waals surface area contributed by atoms with Gasteiger partial charge in [0.05, 0.1) is 26.2 Å². The summed E-state index contributed by atoms with van der Waals surface area (Å²) in [7, 11) is 7.34. The van der Waals surface area contributed by atoms with Gasteiger partial charge in [0.2, 0.25) is 0 Å². The van der Waals surface area contributed by atoms with E-state index in [1.165, 1.54) is 0 Å². The molecular weight excluding hydrogens is 368 g/mol. The summed E-state index contributed by atoms with van der Waals surface area (Å²) >= 11 is 0. The topological polar surface area (TPSA) is 62.2 Å². The average molecular weight is 399 g/mol. The number of hydrogen-bond acceptors (Lipinski definition) is 5. The van der Waals surface area contributed by atoms with Crippen LogP contribution in [0.4, 0.5) is 5.69 Å². The van der Waals surface area contributed by atoms with E-state index in [2.05, 4.69) is 40.1 Å². The molecule has 1 heterocycles. The molecule has 1 aliphatic rings. The summed E-state index contributed by atoms with van der Waals surface area (Å²) < 4.78 is 11.2. The summed E-state index contributed by atoms with van der Waals surface area (Å²) in [6, 6.07) is 14.4. The number of hydrogen-bond donors (Lipinski definition) is 1. The first-order valence-corrected chi connectivity index (χ1v) is 9.91. The maximum atomic E-state index is 11.4. The van der Waals surface area contributed by atoms with Crippen molar-refractivity contribution in [1.82, 2.24) is 4.90 Å². The fourth-order valence-electron chi connectivity index (χ4n) is 4.07. The van der Waals surface area contributed by atoms with Crippen LogP contribution >= 0.6 is 0 Å². The van der Waals surface area contributed by atoms with Gasteiger partial charge in [-0.1, -0.05) is 24.3 Å². The van der Waals surface area contributed by atoms with E-state index in [-0.39, 0.29) is 12.0 Å². The Morgan fingerprint density at radius 2 is 1.72 bits per heavy atom. The van der Waals surface area contributed by atoms with Crippen molar-refractivity contribution in [2.75, 3.05) is 46.3 Å². The fourth-order valence-corrected chi connectivity index (χ4v) is 4.07. The van der Waals surface area contributed by atoms with Gasteiger partial charge in [-0.2, -0.15) is 0 Å². The molecule has 3 rings (SSSR count). The number of benzene rings is 2. The van der Waals surface area contributed by atoms with Gasteiger partial charge in [0, 0.05) is 25.3 Å². The Labute approximate surface area is 172 Å². The number of carbonyl (C=O) groups is 1. The zero-order valence-corrected chi connectivity index (χ0v) is 17.6. The fraction of sp³-hybridized carbons (Fsp3) is 0.435. The number of para-hydroxylation sites is 1. The lowest BCUT2D eigenvalue weighted by Crippen LogP contribution is -2.39. The van der Waals surface area contributed by atoms with Gasteiger partial charge >= 0.3 is 5.97 Å². The molecular formula is C23H30N2O4. The van der Waals surface area contributed by atoms with Crippen LogP contribution in [0.2, 0.25) is 0 Å². The highest BCUT2D eigenvalue weighted by atomic mass is 16.5. The molecule has 1 unspecified atom stereocenters. The molecule has 1 fully saturated rings. The molecule has 6 heteroatoms. The van der Waals surface area contributed by atoms with Crippen LogP contribution in [-0.2, 0) is 4.79 Å². The summed E-state index contributed by atoms with van der Waals surface area (Å²) in [6.07, 6.45) is 1.29. The van der Waals surface area contributed by atoms with Crippen LogP contribution in [0.1, 0.15) is 30.0 Å². The van der Waals surface area contributed by atoms with Crippen LogP contribution < -0.4 is 14.4 Å².